The fraction of sp³-hybridized carbons (Fsp3) is 0.0769. The van der Waals surface area contributed by atoms with Gasteiger partial charge in [-0.3, -0.25) is 0 Å². The van der Waals surface area contributed by atoms with Crippen molar-refractivity contribution in [2.24, 2.45) is 0 Å². The molecule has 0 aliphatic heterocycles. The Morgan fingerprint density at radius 1 is 0.500 bits per heavy atom. The Bertz CT molecular complexity index is 941. The van der Waals surface area contributed by atoms with Crippen molar-refractivity contribution in [1.82, 2.24) is 0 Å². The Morgan fingerprint density at radius 3 is 1.54 bits per heavy atom. The summed E-state index contributed by atoms with van der Waals surface area (Å²) in [4.78, 5) is 2.59. The first-order valence-corrected chi connectivity index (χ1v) is 11.2. The quantitative estimate of drug-likeness (QED) is 0.229. The van der Waals surface area contributed by atoms with E-state index in [9.17, 15) is 0 Å². The van der Waals surface area contributed by atoms with Gasteiger partial charge in [-0.2, -0.15) is 0 Å². The molecule has 138 valence electrons. The molecule has 28 heavy (non-hydrogen) atoms. The molecule has 0 amide bonds. The van der Waals surface area contributed by atoms with Crippen LogP contribution in [0.5, 0.6) is 0 Å². The van der Waals surface area contributed by atoms with Crippen molar-refractivity contribution in [3.05, 3.63) is 132 Å². The molecule has 0 saturated carbocycles. The van der Waals surface area contributed by atoms with E-state index in [4.69, 9.17) is 0 Å². The van der Waals surface area contributed by atoms with Gasteiger partial charge in [-0.1, -0.05) is 91.0 Å². The van der Waals surface area contributed by atoms with Gasteiger partial charge in [-0.25, -0.2) is 0 Å². The number of thioether (sulfide) groups is 2. The Kier molecular flexibility index (Phi) is 6.54. The van der Waals surface area contributed by atoms with Crippen molar-refractivity contribution in [1.29, 1.82) is 0 Å². The van der Waals surface area contributed by atoms with Gasteiger partial charge in [0.15, 0.2) is 0 Å². The molecule has 0 unspecified atom stereocenters. The molecule has 0 aromatic heterocycles. The number of benzene rings is 4. The van der Waals surface area contributed by atoms with Crippen molar-refractivity contribution in [3.63, 3.8) is 0 Å². The van der Waals surface area contributed by atoms with Gasteiger partial charge < -0.3 is 0 Å². The Balaban J connectivity index is 1.67. The lowest BCUT2D eigenvalue weighted by atomic mass is 10.0. The highest BCUT2D eigenvalue weighted by atomic mass is 32.2. The van der Waals surface area contributed by atoms with E-state index >= 15 is 0 Å². The molecule has 0 aliphatic carbocycles. The largest absolute Gasteiger partial charge is 0.106 e. The van der Waals surface area contributed by atoms with E-state index in [2.05, 4.69) is 115 Å². The lowest BCUT2D eigenvalue weighted by molar-refractivity contribution is 1.14. The first-order valence-electron chi connectivity index (χ1n) is 9.43. The van der Waals surface area contributed by atoms with Crippen LogP contribution < -0.4 is 0 Å². The summed E-state index contributed by atoms with van der Waals surface area (Å²) in [6.45, 7) is 0. The second-order valence-electron chi connectivity index (χ2n) is 6.55. The van der Waals surface area contributed by atoms with E-state index in [1.165, 1.54) is 26.5 Å². The highest BCUT2D eigenvalue weighted by molar-refractivity contribution is 8.16. The minimum Gasteiger partial charge on any atom is -0.106 e. The maximum atomic E-state index is 2.29. The summed E-state index contributed by atoms with van der Waals surface area (Å²) in [5, 5.41) is 0. The Labute approximate surface area is 176 Å². The summed E-state index contributed by atoms with van der Waals surface area (Å²) in [7, 11) is 0. The second-order valence-corrected chi connectivity index (χ2v) is 9.21. The Hall–Kier alpha value is -2.42. The predicted molar refractivity (Wildman–Crippen MR) is 123 cm³/mol. The fourth-order valence-electron chi connectivity index (χ4n) is 3.14. The average Bonchev–Trinajstić information content (AvgIpc) is 2.76. The first kappa shape index (κ1) is 18.9. The lowest BCUT2D eigenvalue weighted by Gasteiger charge is -2.20. The fourth-order valence-corrected chi connectivity index (χ4v) is 5.83. The maximum absolute atomic E-state index is 2.29. The van der Waals surface area contributed by atoms with Crippen molar-refractivity contribution < 1.29 is 0 Å². The monoisotopic (exact) mass is 398 g/mol. The molecule has 4 aromatic rings. The predicted octanol–water partition coefficient (Wildman–Crippen LogP) is 7.86. The van der Waals surface area contributed by atoms with Crippen LogP contribution in [0.25, 0.3) is 0 Å². The van der Waals surface area contributed by atoms with Crippen LogP contribution in [0.2, 0.25) is 0 Å². The summed E-state index contributed by atoms with van der Waals surface area (Å²) in [5.74, 6) is 0. The van der Waals surface area contributed by atoms with Crippen LogP contribution in [0.3, 0.4) is 0 Å². The Morgan fingerprint density at radius 2 is 0.964 bits per heavy atom. The van der Waals surface area contributed by atoms with Crippen LogP contribution in [0.4, 0.5) is 0 Å². The molecule has 2 heteroatoms. The molecule has 4 aromatic carbocycles. The van der Waals surface area contributed by atoms with E-state index in [-0.39, 0.29) is 0 Å². The molecule has 0 fully saturated rings. The molecule has 0 heterocycles. The molecule has 0 bridgehead atoms. The van der Waals surface area contributed by atoms with E-state index in [0.717, 1.165) is 6.42 Å². The molecule has 0 aliphatic rings. The molecule has 0 N–H and O–H groups in total. The highest BCUT2D eigenvalue weighted by Gasteiger charge is 2.18. The van der Waals surface area contributed by atoms with E-state index < -0.39 is 0 Å². The zero-order chi connectivity index (χ0) is 19.0. The van der Waals surface area contributed by atoms with Crippen LogP contribution in [0.1, 0.15) is 21.3 Å². The van der Waals surface area contributed by atoms with Gasteiger partial charge in [0, 0.05) is 9.79 Å². The third kappa shape index (κ3) is 5.09. The van der Waals surface area contributed by atoms with Gasteiger partial charge in [-0.05, 0) is 47.4 Å². The standard InChI is InChI=1S/C26H22S2/c1-4-12-21(13-5-1)20-22-14-10-11-19-25(22)26(27-23-15-6-2-7-16-23)28-24-17-8-3-9-18-24/h1-19,26H,20H2. The third-order valence-electron chi connectivity index (χ3n) is 4.52. The molecule has 4 rings (SSSR count). The molecule has 0 spiro atoms. The van der Waals surface area contributed by atoms with E-state index in [0.29, 0.717) is 4.58 Å². The summed E-state index contributed by atoms with van der Waals surface area (Å²) >= 11 is 3.85. The minimum atomic E-state index is 0.296. The molecule has 0 saturated heterocycles. The normalized spacial score (nSPS) is 10.9. The van der Waals surface area contributed by atoms with E-state index in [1.54, 1.807) is 0 Å². The molecule has 0 nitrogen and oxygen atoms in total. The highest BCUT2D eigenvalue weighted by Crippen LogP contribution is 2.48. The summed E-state index contributed by atoms with van der Waals surface area (Å²) < 4.78 is 0.296. The summed E-state index contributed by atoms with van der Waals surface area (Å²) in [6.07, 6.45) is 0.957. The smallest absolute Gasteiger partial charge is 0.0848 e. The van der Waals surface area contributed by atoms with Crippen molar-refractivity contribution in [2.45, 2.75) is 20.8 Å². The van der Waals surface area contributed by atoms with Crippen LogP contribution in [0.15, 0.2) is 125 Å². The van der Waals surface area contributed by atoms with E-state index in [1.807, 2.05) is 23.5 Å². The van der Waals surface area contributed by atoms with Crippen LogP contribution in [-0.4, -0.2) is 0 Å². The number of hydrogen-bond donors (Lipinski definition) is 0. The van der Waals surface area contributed by atoms with Crippen molar-refractivity contribution in [3.8, 4) is 0 Å². The maximum Gasteiger partial charge on any atom is 0.0848 e. The first-order chi connectivity index (χ1) is 13.9. The van der Waals surface area contributed by atoms with Gasteiger partial charge in [0.05, 0.1) is 4.58 Å². The molecule has 0 radical (unpaired) electrons. The van der Waals surface area contributed by atoms with Crippen LogP contribution >= 0.6 is 23.5 Å². The van der Waals surface area contributed by atoms with Crippen LogP contribution in [-0.2, 0) is 6.42 Å². The van der Waals surface area contributed by atoms with Gasteiger partial charge in [0.25, 0.3) is 0 Å². The summed E-state index contributed by atoms with van der Waals surface area (Å²) in [5.41, 5.74) is 4.14. The number of rotatable bonds is 7. The molecular weight excluding hydrogens is 376 g/mol. The SMILES string of the molecule is c1ccc(Cc2ccccc2C(Sc2ccccc2)Sc2ccccc2)cc1. The zero-order valence-corrected chi connectivity index (χ0v) is 17.2. The summed E-state index contributed by atoms with van der Waals surface area (Å²) in [6, 6.07) is 41.0. The average molecular weight is 399 g/mol. The third-order valence-corrected chi connectivity index (χ3v) is 7.12. The minimum absolute atomic E-state index is 0.296. The van der Waals surface area contributed by atoms with Gasteiger partial charge in [-0.15, -0.1) is 23.5 Å². The zero-order valence-electron chi connectivity index (χ0n) is 15.6. The molecular formula is C26H22S2. The van der Waals surface area contributed by atoms with Crippen LogP contribution in [0, 0.1) is 0 Å². The second kappa shape index (κ2) is 9.68. The van der Waals surface area contributed by atoms with Crippen molar-refractivity contribution >= 4 is 23.5 Å². The molecule has 0 atom stereocenters. The van der Waals surface area contributed by atoms with Gasteiger partial charge in [0.2, 0.25) is 0 Å². The topological polar surface area (TPSA) is 0 Å². The van der Waals surface area contributed by atoms with Gasteiger partial charge >= 0.3 is 0 Å². The number of hydrogen-bond acceptors (Lipinski definition) is 2. The lowest BCUT2D eigenvalue weighted by Crippen LogP contribution is -1.98. The van der Waals surface area contributed by atoms with Crippen molar-refractivity contribution in [2.75, 3.05) is 0 Å². The van der Waals surface area contributed by atoms with Gasteiger partial charge in [0.1, 0.15) is 0 Å².